The molecular formula is C28H32N2O3S. The molecule has 0 aromatic heterocycles. The number of para-hydroxylation sites is 1. The van der Waals surface area contributed by atoms with Gasteiger partial charge in [-0.25, -0.2) is 0 Å². The van der Waals surface area contributed by atoms with Crippen LogP contribution in [0.2, 0.25) is 0 Å². The highest BCUT2D eigenvalue weighted by Gasteiger charge is 2.31. The van der Waals surface area contributed by atoms with Crippen LogP contribution in [0.4, 0.5) is 5.69 Å². The maximum absolute atomic E-state index is 6.29. The zero-order chi connectivity index (χ0) is 24.1. The number of hydrogen-bond donors (Lipinski definition) is 1. The van der Waals surface area contributed by atoms with E-state index in [-0.39, 0.29) is 6.04 Å². The molecule has 0 amide bonds. The lowest BCUT2D eigenvalue weighted by Gasteiger charge is -2.39. The van der Waals surface area contributed by atoms with Crippen LogP contribution in [0.3, 0.4) is 0 Å². The maximum Gasteiger partial charge on any atom is 0.174 e. The van der Waals surface area contributed by atoms with Crippen LogP contribution in [0.25, 0.3) is 0 Å². The first kappa shape index (κ1) is 23.9. The lowest BCUT2D eigenvalue weighted by Crippen LogP contribution is -2.44. The van der Waals surface area contributed by atoms with Crippen molar-refractivity contribution in [3.8, 4) is 17.2 Å². The molecule has 1 heterocycles. The predicted molar refractivity (Wildman–Crippen MR) is 141 cm³/mol. The number of nitrogens with one attached hydrogen (secondary N) is 1. The van der Waals surface area contributed by atoms with Crippen molar-refractivity contribution in [1.82, 2.24) is 4.90 Å². The number of anilines is 1. The highest BCUT2D eigenvalue weighted by Crippen LogP contribution is 2.38. The summed E-state index contributed by atoms with van der Waals surface area (Å²) in [6, 6.07) is 20.5. The first-order valence-corrected chi connectivity index (χ1v) is 12.0. The van der Waals surface area contributed by atoms with Crippen LogP contribution in [-0.4, -0.2) is 37.4 Å². The molecule has 3 aromatic rings. The standard InChI is InChI=1S/C28H32N2O3S/c1-5-20-10-12-22(13-11-20)33-18-25-23-17-27(32-4)26(31-3)16-21(23)14-15-30(25)28(34)29-24-9-7-6-8-19(24)2/h6-13,16-17,25H,5,14-15,18H2,1-4H3,(H,29,34)/t25-/m0/s1. The maximum atomic E-state index is 6.29. The van der Waals surface area contributed by atoms with Gasteiger partial charge in [0, 0.05) is 12.2 Å². The van der Waals surface area contributed by atoms with Gasteiger partial charge in [0.05, 0.1) is 20.3 Å². The number of benzene rings is 3. The SMILES string of the molecule is CCc1ccc(OC[C@H]2c3cc(OC)c(OC)cc3CCN2C(=S)Nc2ccccc2C)cc1. The normalized spacial score (nSPS) is 14.8. The average molecular weight is 477 g/mol. The van der Waals surface area contributed by atoms with E-state index in [9.17, 15) is 0 Å². The van der Waals surface area contributed by atoms with Crippen LogP contribution < -0.4 is 19.5 Å². The van der Waals surface area contributed by atoms with E-state index < -0.39 is 0 Å². The van der Waals surface area contributed by atoms with Crippen molar-refractivity contribution in [3.05, 3.63) is 82.9 Å². The van der Waals surface area contributed by atoms with Crippen molar-refractivity contribution in [2.75, 3.05) is 32.7 Å². The van der Waals surface area contributed by atoms with Crippen LogP contribution >= 0.6 is 12.2 Å². The Morgan fingerprint density at radius 1 is 1.03 bits per heavy atom. The van der Waals surface area contributed by atoms with Crippen molar-refractivity contribution in [1.29, 1.82) is 0 Å². The zero-order valence-corrected chi connectivity index (χ0v) is 21.1. The smallest absolute Gasteiger partial charge is 0.174 e. The van der Waals surface area contributed by atoms with Gasteiger partial charge >= 0.3 is 0 Å². The Morgan fingerprint density at radius 2 is 1.74 bits per heavy atom. The van der Waals surface area contributed by atoms with E-state index in [1.54, 1.807) is 14.2 Å². The molecule has 0 bridgehead atoms. The summed E-state index contributed by atoms with van der Waals surface area (Å²) in [5.41, 5.74) is 5.82. The van der Waals surface area contributed by atoms with Crippen molar-refractivity contribution < 1.29 is 14.2 Å². The second-order valence-corrected chi connectivity index (χ2v) is 8.81. The largest absolute Gasteiger partial charge is 0.493 e. The molecule has 3 aromatic carbocycles. The highest BCUT2D eigenvalue weighted by atomic mass is 32.1. The number of aryl methyl sites for hydroxylation is 2. The summed E-state index contributed by atoms with van der Waals surface area (Å²) >= 11 is 5.90. The lowest BCUT2D eigenvalue weighted by atomic mass is 9.92. The third-order valence-corrected chi connectivity index (χ3v) is 6.73. The number of methoxy groups -OCH3 is 2. The molecule has 1 aliphatic heterocycles. The second-order valence-electron chi connectivity index (χ2n) is 8.42. The highest BCUT2D eigenvalue weighted by molar-refractivity contribution is 7.80. The minimum Gasteiger partial charge on any atom is -0.493 e. The summed E-state index contributed by atoms with van der Waals surface area (Å²) in [6.07, 6.45) is 1.86. The van der Waals surface area contributed by atoms with Crippen LogP contribution in [0.5, 0.6) is 17.2 Å². The number of fused-ring (bicyclic) bond motifs is 1. The fourth-order valence-corrected chi connectivity index (χ4v) is 4.68. The Bertz CT molecular complexity index is 1150. The summed E-state index contributed by atoms with van der Waals surface area (Å²) < 4.78 is 17.4. The lowest BCUT2D eigenvalue weighted by molar-refractivity contribution is 0.190. The molecule has 6 heteroatoms. The Labute approximate surface area is 207 Å². The molecule has 0 saturated heterocycles. The van der Waals surface area contributed by atoms with Gasteiger partial charge < -0.3 is 24.4 Å². The molecule has 34 heavy (non-hydrogen) atoms. The van der Waals surface area contributed by atoms with Crippen LogP contribution in [0.15, 0.2) is 60.7 Å². The average Bonchev–Trinajstić information content (AvgIpc) is 2.87. The Morgan fingerprint density at radius 3 is 2.41 bits per heavy atom. The summed E-state index contributed by atoms with van der Waals surface area (Å²) in [5, 5.41) is 4.14. The predicted octanol–water partition coefficient (Wildman–Crippen LogP) is 5.95. The molecule has 0 fully saturated rings. The number of hydrogen-bond acceptors (Lipinski definition) is 4. The monoisotopic (exact) mass is 476 g/mol. The quantitative estimate of drug-likeness (QED) is 0.425. The van der Waals surface area contributed by atoms with Gasteiger partial charge in [0.15, 0.2) is 16.6 Å². The number of thiocarbonyl (C=S) groups is 1. The second kappa shape index (κ2) is 10.8. The Balaban J connectivity index is 1.64. The molecule has 0 spiro atoms. The van der Waals surface area contributed by atoms with Gasteiger partial charge in [-0.2, -0.15) is 0 Å². The van der Waals surface area contributed by atoms with Gasteiger partial charge in [-0.3, -0.25) is 0 Å². The minimum absolute atomic E-state index is 0.0709. The van der Waals surface area contributed by atoms with Crippen molar-refractivity contribution in [3.63, 3.8) is 0 Å². The van der Waals surface area contributed by atoms with Crippen molar-refractivity contribution in [2.24, 2.45) is 0 Å². The third-order valence-electron chi connectivity index (χ3n) is 6.39. The first-order chi connectivity index (χ1) is 16.5. The summed E-state index contributed by atoms with van der Waals surface area (Å²) in [5.74, 6) is 2.30. The van der Waals surface area contributed by atoms with Gasteiger partial charge in [-0.05, 0) is 84.6 Å². The van der Waals surface area contributed by atoms with Crippen molar-refractivity contribution >= 4 is 23.0 Å². The molecule has 178 valence electrons. The zero-order valence-electron chi connectivity index (χ0n) is 20.3. The number of rotatable bonds is 7. The molecule has 0 unspecified atom stereocenters. The Hall–Kier alpha value is -3.25. The van der Waals surface area contributed by atoms with E-state index >= 15 is 0 Å². The third kappa shape index (κ3) is 5.12. The summed E-state index contributed by atoms with van der Waals surface area (Å²) in [6.45, 7) is 5.47. The molecule has 0 saturated carbocycles. The first-order valence-electron chi connectivity index (χ1n) is 11.6. The van der Waals surface area contributed by atoms with Gasteiger partial charge in [0.2, 0.25) is 0 Å². The van der Waals surface area contributed by atoms with Gasteiger partial charge in [0.1, 0.15) is 12.4 Å². The Kier molecular flexibility index (Phi) is 7.58. The van der Waals surface area contributed by atoms with Crippen molar-refractivity contribution in [2.45, 2.75) is 32.7 Å². The number of nitrogens with zero attached hydrogens (tertiary/aromatic N) is 1. The minimum atomic E-state index is -0.0709. The van der Waals surface area contributed by atoms with Gasteiger partial charge in [0.25, 0.3) is 0 Å². The molecule has 1 N–H and O–H groups in total. The molecule has 0 radical (unpaired) electrons. The summed E-state index contributed by atoms with van der Waals surface area (Å²) in [4.78, 5) is 2.22. The summed E-state index contributed by atoms with van der Waals surface area (Å²) in [7, 11) is 3.33. The van der Waals surface area contributed by atoms with Crippen LogP contribution in [0.1, 0.15) is 35.2 Å². The van der Waals surface area contributed by atoms with Crippen LogP contribution in [0, 0.1) is 6.92 Å². The topological polar surface area (TPSA) is 43.0 Å². The molecule has 5 nitrogen and oxygen atoms in total. The van der Waals surface area contributed by atoms with E-state index in [0.717, 1.165) is 47.7 Å². The molecule has 1 atom stereocenters. The molecule has 1 aliphatic rings. The van der Waals surface area contributed by atoms with E-state index in [0.29, 0.717) is 17.5 Å². The van der Waals surface area contributed by atoms with Gasteiger partial charge in [-0.1, -0.05) is 37.3 Å². The van der Waals surface area contributed by atoms with Gasteiger partial charge in [-0.15, -0.1) is 0 Å². The number of ether oxygens (including phenoxy) is 3. The fraction of sp³-hybridized carbons (Fsp3) is 0.321. The van der Waals surface area contributed by atoms with E-state index in [1.165, 1.54) is 11.1 Å². The molecule has 4 rings (SSSR count). The van der Waals surface area contributed by atoms with E-state index in [4.69, 9.17) is 26.4 Å². The molecule has 0 aliphatic carbocycles. The van der Waals surface area contributed by atoms with E-state index in [1.807, 2.05) is 30.3 Å². The molecular weight excluding hydrogens is 444 g/mol. The van der Waals surface area contributed by atoms with E-state index in [2.05, 4.69) is 54.4 Å². The van der Waals surface area contributed by atoms with Crippen LogP contribution in [-0.2, 0) is 12.8 Å². The fourth-order valence-electron chi connectivity index (χ4n) is 4.35.